The first-order valence-electron chi connectivity index (χ1n) is 8.01. The van der Waals surface area contributed by atoms with E-state index in [2.05, 4.69) is 25.8 Å². The van der Waals surface area contributed by atoms with E-state index in [1.807, 2.05) is 6.07 Å². The van der Waals surface area contributed by atoms with E-state index in [4.69, 9.17) is 9.47 Å². The third kappa shape index (κ3) is 2.89. The second kappa shape index (κ2) is 6.17. The number of morpholine rings is 2. The van der Waals surface area contributed by atoms with Crippen LogP contribution >= 0.6 is 0 Å². The molecule has 2 fully saturated rings. The van der Waals surface area contributed by atoms with Crippen molar-refractivity contribution in [3.05, 3.63) is 28.6 Å². The predicted molar refractivity (Wildman–Crippen MR) is 88.4 cm³/mol. The second-order valence-electron chi connectivity index (χ2n) is 5.78. The van der Waals surface area contributed by atoms with E-state index in [0.29, 0.717) is 18.9 Å². The van der Waals surface area contributed by atoms with Crippen LogP contribution in [0.3, 0.4) is 0 Å². The highest BCUT2D eigenvalue weighted by Gasteiger charge is 2.19. The lowest BCUT2D eigenvalue weighted by atomic mass is 10.2. The Hall–Kier alpha value is -2.12. The summed E-state index contributed by atoms with van der Waals surface area (Å²) in [4.78, 5) is 23.7. The van der Waals surface area contributed by atoms with Crippen LogP contribution < -0.4 is 15.4 Å². The van der Waals surface area contributed by atoms with Gasteiger partial charge < -0.3 is 24.3 Å². The molecule has 0 bridgehead atoms. The maximum atomic E-state index is 11.7. The van der Waals surface area contributed by atoms with Gasteiger partial charge in [0, 0.05) is 43.7 Å². The lowest BCUT2D eigenvalue weighted by Crippen LogP contribution is -2.38. The van der Waals surface area contributed by atoms with Gasteiger partial charge in [-0.15, -0.1) is 0 Å². The maximum absolute atomic E-state index is 11.7. The second-order valence-corrected chi connectivity index (χ2v) is 5.78. The van der Waals surface area contributed by atoms with E-state index < -0.39 is 0 Å². The van der Waals surface area contributed by atoms with Crippen molar-refractivity contribution in [1.82, 2.24) is 9.97 Å². The number of ether oxygens (including phenoxy) is 2. The molecule has 0 amide bonds. The van der Waals surface area contributed by atoms with Crippen LogP contribution in [0.5, 0.6) is 0 Å². The summed E-state index contributed by atoms with van der Waals surface area (Å²) < 4.78 is 10.9. The van der Waals surface area contributed by atoms with Gasteiger partial charge in [-0.05, 0) is 6.07 Å². The van der Waals surface area contributed by atoms with Gasteiger partial charge in [0.05, 0.1) is 32.1 Å². The summed E-state index contributed by atoms with van der Waals surface area (Å²) in [7, 11) is 0. The Balaban J connectivity index is 1.82. The summed E-state index contributed by atoms with van der Waals surface area (Å²) in [6, 6.07) is 5.54. The maximum Gasteiger partial charge on any atom is 0.249 e. The number of H-pyrrole nitrogens is 1. The van der Waals surface area contributed by atoms with Crippen molar-refractivity contribution in [2.75, 3.05) is 62.4 Å². The zero-order valence-corrected chi connectivity index (χ0v) is 13.0. The van der Waals surface area contributed by atoms with Crippen molar-refractivity contribution in [2.45, 2.75) is 0 Å². The van der Waals surface area contributed by atoms with Crippen LogP contribution in [0.4, 0.5) is 11.5 Å². The van der Waals surface area contributed by atoms with Crippen LogP contribution in [0.2, 0.25) is 0 Å². The molecule has 7 heteroatoms. The molecule has 0 atom stereocenters. The molecular formula is C16H20N4O3. The molecule has 2 aromatic heterocycles. The topological polar surface area (TPSA) is 70.7 Å². The molecule has 0 spiro atoms. The smallest absolute Gasteiger partial charge is 0.249 e. The average molecular weight is 316 g/mol. The van der Waals surface area contributed by atoms with Crippen molar-refractivity contribution < 1.29 is 9.47 Å². The number of aromatic nitrogens is 2. The SMILES string of the molecule is O=c1ccc2c(N3CCOCC3)cc(N3CCOCC3)nc2[nH]1. The van der Waals surface area contributed by atoms with Gasteiger partial charge >= 0.3 is 0 Å². The van der Waals surface area contributed by atoms with Crippen molar-refractivity contribution in [1.29, 1.82) is 0 Å². The van der Waals surface area contributed by atoms with Crippen LogP contribution in [0.15, 0.2) is 23.0 Å². The highest BCUT2D eigenvalue weighted by atomic mass is 16.5. The summed E-state index contributed by atoms with van der Waals surface area (Å²) in [5.74, 6) is 0.893. The monoisotopic (exact) mass is 316 g/mol. The van der Waals surface area contributed by atoms with Crippen LogP contribution in [0.25, 0.3) is 11.0 Å². The van der Waals surface area contributed by atoms with Gasteiger partial charge in [0.25, 0.3) is 0 Å². The third-order valence-electron chi connectivity index (χ3n) is 4.35. The van der Waals surface area contributed by atoms with Gasteiger partial charge in [-0.1, -0.05) is 0 Å². The van der Waals surface area contributed by atoms with E-state index >= 15 is 0 Å². The minimum atomic E-state index is -0.128. The molecule has 2 aromatic rings. The highest BCUT2D eigenvalue weighted by Crippen LogP contribution is 2.29. The molecular weight excluding hydrogens is 296 g/mol. The van der Waals surface area contributed by atoms with E-state index in [-0.39, 0.29) is 5.56 Å². The molecule has 122 valence electrons. The van der Waals surface area contributed by atoms with Gasteiger partial charge in [0.15, 0.2) is 0 Å². The predicted octanol–water partition coefficient (Wildman–Crippen LogP) is 0.596. The van der Waals surface area contributed by atoms with Crippen LogP contribution in [0, 0.1) is 0 Å². The third-order valence-corrected chi connectivity index (χ3v) is 4.35. The fraction of sp³-hybridized carbons (Fsp3) is 0.500. The number of aromatic amines is 1. The quantitative estimate of drug-likeness (QED) is 0.875. The number of rotatable bonds is 2. The summed E-state index contributed by atoms with van der Waals surface area (Å²) in [6.45, 7) is 6.19. The summed E-state index contributed by atoms with van der Waals surface area (Å²) >= 11 is 0. The van der Waals surface area contributed by atoms with Gasteiger partial charge in [-0.3, -0.25) is 4.79 Å². The molecule has 0 aromatic carbocycles. The molecule has 0 saturated carbocycles. The lowest BCUT2D eigenvalue weighted by Gasteiger charge is -2.32. The van der Waals surface area contributed by atoms with E-state index in [1.54, 1.807) is 6.07 Å². The first-order valence-corrected chi connectivity index (χ1v) is 8.01. The number of pyridine rings is 2. The average Bonchev–Trinajstić information content (AvgIpc) is 2.62. The van der Waals surface area contributed by atoms with Crippen molar-refractivity contribution >= 4 is 22.5 Å². The van der Waals surface area contributed by atoms with Crippen LogP contribution in [-0.4, -0.2) is 62.6 Å². The fourth-order valence-corrected chi connectivity index (χ4v) is 3.13. The number of anilines is 2. The summed E-state index contributed by atoms with van der Waals surface area (Å²) in [5.41, 5.74) is 1.62. The number of fused-ring (bicyclic) bond motifs is 1. The van der Waals surface area contributed by atoms with Crippen molar-refractivity contribution in [3.63, 3.8) is 0 Å². The van der Waals surface area contributed by atoms with Gasteiger partial charge in [-0.2, -0.15) is 0 Å². The van der Waals surface area contributed by atoms with Gasteiger partial charge in [0.1, 0.15) is 11.5 Å². The fourth-order valence-electron chi connectivity index (χ4n) is 3.13. The molecule has 7 nitrogen and oxygen atoms in total. The standard InChI is InChI=1S/C16H20N4O3/c21-15-2-1-12-13(19-3-7-22-8-4-19)11-14(17-16(12)18-15)20-5-9-23-10-6-20/h1-2,11H,3-10H2,(H,17,18,21). The van der Waals surface area contributed by atoms with Crippen LogP contribution in [0.1, 0.15) is 0 Å². The highest BCUT2D eigenvalue weighted by molar-refractivity contribution is 5.91. The van der Waals surface area contributed by atoms with E-state index in [0.717, 1.165) is 56.3 Å². The minimum absolute atomic E-state index is 0.128. The van der Waals surface area contributed by atoms with Crippen LogP contribution in [-0.2, 0) is 9.47 Å². The lowest BCUT2D eigenvalue weighted by molar-refractivity contribution is 0.122. The summed E-state index contributed by atoms with van der Waals surface area (Å²) in [5, 5.41) is 0.975. The summed E-state index contributed by atoms with van der Waals surface area (Å²) in [6.07, 6.45) is 0. The molecule has 0 radical (unpaired) electrons. The normalized spacial score (nSPS) is 19.3. The largest absolute Gasteiger partial charge is 0.378 e. The molecule has 0 aliphatic carbocycles. The Morgan fingerprint density at radius 3 is 2.30 bits per heavy atom. The molecule has 2 saturated heterocycles. The molecule has 0 unspecified atom stereocenters. The minimum Gasteiger partial charge on any atom is -0.378 e. The molecule has 23 heavy (non-hydrogen) atoms. The Bertz CT molecular complexity index is 749. The molecule has 2 aliphatic rings. The molecule has 2 aliphatic heterocycles. The van der Waals surface area contributed by atoms with Gasteiger partial charge in [0.2, 0.25) is 5.56 Å². The number of hydrogen-bond donors (Lipinski definition) is 1. The number of nitrogens with zero attached hydrogens (tertiary/aromatic N) is 3. The molecule has 4 heterocycles. The Morgan fingerprint density at radius 2 is 1.61 bits per heavy atom. The molecule has 4 rings (SSSR count). The van der Waals surface area contributed by atoms with E-state index in [1.165, 1.54) is 0 Å². The Labute approximate surface area is 133 Å². The van der Waals surface area contributed by atoms with Gasteiger partial charge in [-0.25, -0.2) is 4.98 Å². The molecule has 1 N–H and O–H groups in total. The number of hydrogen-bond acceptors (Lipinski definition) is 6. The Kier molecular flexibility index (Phi) is 3.88. The Morgan fingerprint density at radius 1 is 0.957 bits per heavy atom. The van der Waals surface area contributed by atoms with Crippen molar-refractivity contribution in [3.8, 4) is 0 Å². The zero-order valence-electron chi connectivity index (χ0n) is 13.0. The van der Waals surface area contributed by atoms with E-state index in [9.17, 15) is 4.79 Å². The first-order chi connectivity index (χ1) is 11.3. The zero-order chi connectivity index (χ0) is 15.6. The first kappa shape index (κ1) is 14.5. The van der Waals surface area contributed by atoms with Crippen molar-refractivity contribution in [2.24, 2.45) is 0 Å². The number of nitrogens with one attached hydrogen (secondary N) is 1.